The maximum absolute atomic E-state index is 13.2. The monoisotopic (exact) mass is 260 g/mol. The fraction of sp³-hybridized carbons (Fsp3) is 0.267. The van der Waals surface area contributed by atoms with Crippen molar-refractivity contribution in [2.75, 3.05) is 6.61 Å². The molecule has 0 saturated carbocycles. The van der Waals surface area contributed by atoms with E-state index >= 15 is 0 Å². The van der Waals surface area contributed by atoms with E-state index in [1.165, 1.54) is 6.07 Å². The van der Waals surface area contributed by atoms with E-state index in [1.54, 1.807) is 6.20 Å². The van der Waals surface area contributed by atoms with Crippen molar-refractivity contribution in [2.45, 2.75) is 19.4 Å². The molecular formula is C15H17FN2O. The number of nitrogens with zero attached hydrogens (tertiary/aromatic N) is 1. The maximum Gasteiger partial charge on any atom is 0.141 e. The molecule has 1 heterocycles. The molecule has 19 heavy (non-hydrogen) atoms. The molecule has 1 atom stereocenters. The van der Waals surface area contributed by atoms with Crippen molar-refractivity contribution in [3.05, 3.63) is 59.7 Å². The molecule has 0 aliphatic rings. The Labute approximate surface area is 112 Å². The van der Waals surface area contributed by atoms with Crippen molar-refractivity contribution < 1.29 is 9.13 Å². The van der Waals surface area contributed by atoms with Gasteiger partial charge in [-0.1, -0.05) is 25.1 Å². The third kappa shape index (κ3) is 3.29. The molecule has 1 aromatic carbocycles. The standard InChI is InChI=1S/C15H17FN2O/c1-2-7-19-14-6-4-3-5-13(14)15(17)11-8-12(16)10-18-9-11/h3-6,8-10,15H,2,7,17H2,1H3. The minimum atomic E-state index is -0.448. The van der Waals surface area contributed by atoms with Gasteiger partial charge in [0, 0.05) is 11.8 Å². The number of rotatable bonds is 5. The lowest BCUT2D eigenvalue weighted by Crippen LogP contribution is -2.14. The van der Waals surface area contributed by atoms with Gasteiger partial charge in [-0.3, -0.25) is 4.98 Å². The molecule has 0 amide bonds. The van der Waals surface area contributed by atoms with Crippen LogP contribution in [0.15, 0.2) is 42.7 Å². The van der Waals surface area contributed by atoms with Crippen LogP contribution in [0.25, 0.3) is 0 Å². The van der Waals surface area contributed by atoms with Gasteiger partial charge in [0.1, 0.15) is 11.6 Å². The highest BCUT2D eigenvalue weighted by Crippen LogP contribution is 2.28. The zero-order chi connectivity index (χ0) is 13.7. The van der Waals surface area contributed by atoms with Gasteiger partial charge in [0.2, 0.25) is 0 Å². The molecule has 0 saturated heterocycles. The summed E-state index contributed by atoms with van der Waals surface area (Å²) in [6.07, 6.45) is 3.66. The van der Waals surface area contributed by atoms with E-state index in [0.717, 1.165) is 23.9 Å². The first-order valence-electron chi connectivity index (χ1n) is 6.30. The summed E-state index contributed by atoms with van der Waals surface area (Å²) in [6, 6.07) is 8.49. The Morgan fingerprint density at radius 2 is 2.11 bits per heavy atom. The molecule has 0 fully saturated rings. The molecule has 2 N–H and O–H groups in total. The number of hydrogen-bond donors (Lipinski definition) is 1. The van der Waals surface area contributed by atoms with Gasteiger partial charge in [-0.25, -0.2) is 4.39 Å². The second-order valence-corrected chi connectivity index (χ2v) is 4.30. The summed E-state index contributed by atoms with van der Waals surface area (Å²) in [5, 5.41) is 0. The highest BCUT2D eigenvalue weighted by molar-refractivity contribution is 5.40. The average Bonchev–Trinajstić information content (AvgIpc) is 2.44. The number of pyridine rings is 1. The largest absolute Gasteiger partial charge is 0.493 e. The second-order valence-electron chi connectivity index (χ2n) is 4.30. The highest BCUT2D eigenvalue weighted by atomic mass is 19.1. The van der Waals surface area contributed by atoms with Crippen LogP contribution >= 0.6 is 0 Å². The van der Waals surface area contributed by atoms with E-state index in [2.05, 4.69) is 4.98 Å². The molecule has 0 aliphatic carbocycles. The molecule has 0 aliphatic heterocycles. The fourth-order valence-electron chi connectivity index (χ4n) is 1.86. The SMILES string of the molecule is CCCOc1ccccc1C(N)c1cncc(F)c1. The van der Waals surface area contributed by atoms with Crippen LogP contribution in [0.2, 0.25) is 0 Å². The first-order valence-corrected chi connectivity index (χ1v) is 6.30. The number of halogens is 1. The van der Waals surface area contributed by atoms with E-state index in [4.69, 9.17) is 10.5 Å². The van der Waals surface area contributed by atoms with Crippen LogP contribution in [0.3, 0.4) is 0 Å². The Morgan fingerprint density at radius 1 is 1.32 bits per heavy atom. The summed E-state index contributed by atoms with van der Waals surface area (Å²) in [7, 11) is 0. The molecule has 2 rings (SSSR count). The molecule has 2 aromatic rings. The van der Waals surface area contributed by atoms with E-state index in [0.29, 0.717) is 12.2 Å². The summed E-state index contributed by atoms with van der Waals surface area (Å²) in [5.41, 5.74) is 7.64. The topological polar surface area (TPSA) is 48.1 Å². The zero-order valence-electron chi connectivity index (χ0n) is 10.8. The Hall–Kier alpha value is -1.94. The summed E-state index contributed by atoms with van der Waals surface area (Å²) in [5.74, 6) is 0.348. The van der Waals surface area contributed by atoms with Gasteiger partial charge < -0.3 is 10.5 Å². The van der Waals surface area contributed by atoms with E-state index < -0.39 is 6.04 Å². The van der Waals surface area contributed by atoms with Gasteiger partial charge in [0.15, 0.2) is 0 Å². The Morgan fingerprint density at radius 3 is 2.84 bits per heavy atom. The maximum atomic E-state index is 13.2. The van der Waals surface area contributed by atoms with Crippen LogP contribution in [0.1, 0.15) is 30.5 Å². The van der Waals surface area contributed by atoms with Gasteiger partial charge >= 0.3 is 0 Å². The van der Waals surface area contributed by atoms with Gasteiger partial charge in [-0.2, -0.15) is 0 Å². The van der Waals surface area contributed by atoms with Crippen molar-refractivity contribution in [1.29, 1.82) is 0 Å². The summed E-state index contributed by atoms with van der Waals surface area (Å²) in [6.45, 7) is 2.67. The molecule has 3 nitrogen and oxygen atoms in total. The normalized spacial score (nSPS) is 12.2. The summed E-state index contributed by atoms with van der Waals surface area (Å²) in [4.78, 5) is 3.83. The summed E-state index contributed by atoms with van der Waals surface area (Å²) < 4.78 is 18.9. The molecule has 100 valence electrons. The van der Waals surface area contributed by atoms with Gasteiger partial charge in [0.25, 0.3) is 0 Å². The lowest BCUT2D eigenvalue weighted by molar-refractivity contribution is 0.313. The predicted molar refractivity (Wildman–Crippen MR) is 72.5 cm³/mol. The van der Waals surface area contributed by atoms with E-state index in [1.807, 2.05) is 31.2 Å². The third-order valence-electron chi connectivity index (χ3n) is 2.80. The number of para-hydroxylation sites is 1. The molecule has 4 heteroatoms. The first kappa shape index (κ1) is 13.5. The zero-order valence-corrected chi connectivity index (χ0v) is 10.8. The van der Waals surface area contributed by atoms with E-state index in [-0.39, 0.29) is 5.82 Å². The van der Waals surface area contributed by atoms with Gasteiger partial charge in [-0.15, -0.1) is 0 Å². The van der Waals surface area contributed by atoms with Crippen LogP contribution in [0, 0.1) is 5.82 Å². The minimum Gasteiger partial charge on any atom is -0.493 e. The van der Waals surface area contributed by atoms with Crippen LogP contribution < -0.4 is 10.5 Å². The van der Waals surface area contributed by atoms with Crippen LogP contribution in [0.4, 0.5) is 4.39 Å². The molecule has 1 aromatic heterocycles. The second kappa shape index (κ2) is 6.29. The van der Waals surface area contributed by atoms with E-state index in [9.17, 15) is 4.39 Å². The lowest BCUT2D eigenvalue weighted by atomic mass is 10.0. The quantitative estimate of drug-likeness (QED) is 0.898. The van der Waals surface area contributed by atoms with Gasteiger partial charge in [-0.05, 0) is 24.1 Å². The Kier molecular flexibility index (Phi) is 4.47. The van der Waals surface area contributed by atoms with Crippen molar-refractivity contribution >= 4 is 0 Å². The van der Waals surface area contributed by atoms with Crippen molar-refractivity contribution in [3.8, 4) is 5.75 Å². The van der Waals surface area contributed by atoms with Crippen molar-refractivity contribution in [1.82, 2.24) is 4.98 Å². The smallest absolute Gasteiger partial charge is 0.141 e. The van der Waals surface area contributed by atoms with Gasteiger partial charge in [0.05, 0.1) is 18.8 Å². The number of benzene rings is 1. The van der Waals surface area contributed by atoms with Crippen LogP contribution in [-0.4, -0.2) is 11.6 Å². The molecule has 1 unspecified atom stereocenters. The first-order chi connectivity index (χ1) is 9.22. The lowest BCUT2D eigenvalue weighted by Gasteiger charge is -2.17. The molecule has 0 bridgehead atoms. The minimum absolute atomic E-state index is 0.389. The predicted octanol–water partition coefficient (Wildman–Crippen LogP) is 3.06. The fourth-order valence-corrected chi connectivity index (χ4v) is 1.86. The Balaban J connectivity index is 2.30. The van der Waals surface area contributed by atoms with Crippen LogP contribution in [-0.2, 0) is 0 Å². The van der Waals surface area contributed by atoms with Crippen molar-refractivity contribution in [3.63, 3.8) is 0 Å². The average molecular weight is 260 g/mol. The molecule has 0 spiro atoms. The third-order valence-corrected chi connectivity index (χ3v) is 2.80. The number of ether oxygens (including phenoxy) is 1. The number of aromatic nitrogens is 1. The van der Waals surface area contributed by atoms with Crippen molar-refractivity contribution in [2.24, 2.45) is 5.73 Å². The Bertz CT molecular complexity index is 545. The number of hydrogen-bond acceptors (Lipinski definition) is 3. The number of nitrogens with two attached hydrogens (primary N) is 1. The molecule has 0 radical (unpaired) electrons. The summed E-state index contributed by atoms with van der Waals surface area (Å²) >= 11 is 0. The molecular weight excluding hydrogens is 243 g/mol. The highest BCUT2D eigenvalue weighted by Gasteiger charge is 2.14. The van der Waals surface area contributed by atoms with Crippen LogP contribution in [0.5, 0.6) is 5.75 Å².